The average molecular weight is 242 g/mol. The van der Waals surface area contributed by atoms with Crippen molar-refractivity contribution < 1.29 is 25.0 Å². The second kappa shape index (κ2) is 5.23. The zero-order chi connectivity index (χ0) is 13.0. The molecule has 0 spiro atoms. The van der Waals surface area contributed by atoms with Crippen LogP contribution in [0.4, 0.5) is 5.69 Å². The molecule has 0 atom stereocenters. The molecule has 0 aliphatic carbocycles. The Labute approximate surface area is 95.3 Å². The summed E-state index contributed by atoms with van der Waals surface area (Å²) in [6.45, 7) is -0.443. The number of aliphatic hydroxyl groups is 2. The molecule has 8 heteroatoms. The lowest BCUT2D eigenvalue weighted by atomic mass is 10.1. The van der Waals surface area contributed by atoms with Gasteiger partial charge in [-0.05, 0) is 6.07 Å². The second-order valence-electron chi connectivity index (χ2n) is 3.12. The van der Waals surface area contributed by atoms with Gasteiger partial charge in [-0.3, -0.25) is 14.9 Å². The Morgan fingerprint density at radius 1 is 1.47 bits per heavy atom. The van der Waals surface area contributed by atoms with E-state index in [1.54, 1.807) is 0 Å². The van der Waals surface area contributed by atoms with Crippen molar-refractivity contribution in [2.75, 3.05) is 6.54 Å². The molecule has 0 saturated heterocycles. The first-order chi connectivity index (χ1) is 7.93. The van der Waals surface area contributed by atoms with Crippen molar-refractivity contribution in [1.29, 1.82) is 0 Å². The SMILES string of the molecule is O=C(NCC(O)O)c1cccc([N+](=O)[O-])c1O. The Morgan fingerprint density at radius 3 is 2.65 bits per heavy atom. The number of carbonyl (C=O) groups is 1. The van der Waals surface area contributed by atoms with Crippen molar-refractivity contribution in [3.63, 3.8) is 0 Å². The van der Waals surface area contributed by atoms with E-state index in [-0.39, 0.29) is 5.56 Å². The van der Waals surface area contributed by atoms with Gasteiger partial charge in [-0.1, -0.05) is 6.07 Å². The largest absolute Gasteiger partial charge is 0.502 e. The van der Waals surface area contributed by atoms with E-state index in [9.17, 15) is 20.0 Å². The van der Waals surface area contributed by atoms with E-state index in [4.69, 9.17) is 10.2 Å². The number of phenolic OH excluding ortho intramolecular Hbond substituents is 1. The Bertz CT molecular complexity index is 445. The standard InChI is InChI=1S/C9H10N2O6/c12-7(13)4-10-9(15)5-2-1-3-6(8(5)14)11(16)17/h1-3,7,12-14H,4H2,(H,10,15). The van der Waals surface area contributed by atoms with Crippen molar-refractivity contribution in [2.45, 2.75) is 6.29 Å². The van der Waals surface area contributed by atoms with E-state index < -0.39 is 35.1 Å². The van der Waals surface area contributed by atoms with Crippen LogP contribution in [0.5, 0.6) is 5.75 Å². The van der Waals surface area contributed by atoms with Crippen LogP contribution in [0, 0.1) is 10.1 Å². The number of nitro groups is 1. The number of carbonyl (C=O) groups excluding carboxylic acids is 1. The molecule has 1 rings (SSSR count). The quantitative estimate of drug-likeness (QED) is 0.314. The summed E-state index contributed by atoms with van der Waals surface area (Å²) in [6.07, 6.45) is -1.74. The van der Waals surface area contributed by atoms with Gasteiger partial charge in [-0.2, -0.15) is 0 Å². The third-order valence-electron chi connectivity index (χ3n) is 1.90. The van der Waals surface area contributed by atoms with Gasteiger partial charge in [0.1, 0.15) is 0 Å². The molecule has 1 aromatic rings. The molecule has 0 radical (unpaired) electrons. The summed E-state index contributed by atoms with van der Waals surface area (Å²) in [5, 5.41) is 39.1. The first-order valence-electron chi connectivity index (χ1n) is 4.54. The summed E-state index contributed by atoms with van der Waals surface area (Å²) in [4.78, 5) is 21.1. The maximum atomic E-state index is 11.4. The number of nitrogens with one attached hydrogen (secondary N) is 1. The van der Waals surface area contributed by atoms with Crippen LogP contribution in [0.25, 0.3) is 0 Å². The van der Waals surface area contributed by atoms with E-state index in [1.165, 1.54) is 12.1 Å². The molecule has 0 unspecified atom stereocenters. The van der Waals surface area contributed by atoms with Crippen LogP contribution in [0.1, 0.15) is 10.4 Å². The van der Waals surface area contributed by atoms with Gasteiger partial charge in [0.15, 0.2) is 6.29 Å². The molecular weight excluding hydrogens is 232 g/mol. The van der Waals surface area contributed by atoms with Crippen LogP contribution in [-0.2, 0) is 0 Å². The van der Waals surface area contributed by atoms with Crippen molar-refractivity contribution in [3.8, 4) is 5.75 Å². The van der Waals surface area contributed by atoms with Gasteiger partial charge in [0.25, 0.3) is 5.91 Å². The highest BCUT2D eigenvalue weighted by atomic mass is 16.6. The number of phenols is 1. The van der Waals surface area contributed by atoms with Crippen molar-refractivity contribution in [2.24, 2.45) is 0 Å². The van der Waals surface area contributed by atoms with E-state index >= 15 is 0 Å². The fourth-order valence-corrected chi connectivity index (χ4v) is 1.14. The van der Waals surface area contributed by atoms with Gasteiger partial charge in [0.05, 0.1) is 17.0 Å². The molecule has 0 aliphatic heterocycles. The number of aromatic hydroxyl groups is 1. The first-order valence-corrected chi connectivity index (χ1v) is 4.54. The Hall–Kier alpha value is -2.19. The highest BCUT2D eigenvalue weighted by molar-refractivity contribution is 5.98. The topological polar surface area (TPSA) is 133 Å². The monoisotopic (exact) mass is 242 g/mol. The molecule has 1 amide bonds. The molecule has 0 saturated carbocycles. The average Bonchev–Trinajstić information content (AvgIpc) is 2.25. The van der Waals surface area contributed by atoms with Crippen LogP contribution in [0.3, 0.4) is 0 Å². The molecule has 17 heavy (non-hydrogen) atoms. The molecule has 4 N–H and O–H groups in total. The van der Waals surface area contributed by atoms with Crippen LogP contribution in [0.15, 0.2) is 18.2 Å². The maximum absolute atomic E-state index is 11.4. The number of rotatable bonds is 4. The molecular formula is C9H10N2O6. The zero-order valence-corrected chi connectivity index (χ0v) is 8.53. The number of nitro benzene ring substituents is 1. The minimum Gasteiger partial charge on any atom is -0.502 e. The van der Waals surface area contributed by atoms with Crippen molar-refractivity contribution in [3.05, 3.63) is 33.9 Å². The van der Waals surface area contributed by atoms with Gasteiger partial charge in [0.2, 0.25) is 5.75 Å². The van der Waals surface area contributed by atoms with Crippen LogP contribution in [0.2, 0.25) is 0 Å². The van der Waals surface area contributed by atoms with E-state index in [2.05, 4.69) is 5.32 Å². The Morgan fingerprint density at radius 2 is 2.12 bits per heavy atom. The molecule has 92 valence electrons. The number of aliphatic hydroxyl groups excluding tert-OH is 1. The predicted molar refractivity (Wildman–Crippen MR) is 55.3 cm³/mol. The first kappa shape index (κ1) is 12.9. The molecule has 0 aromatic heterocycles. The third kappa shape index (κ3) is 3.13. The zero-order valence-electron chi connectivity index (χ0n) is 8.53. The van der Waals surface area contributed by atoms with Crippen LogP contribution < -0.4 is 5.32 Å². The lowest BCUT2D eigenvalue weighted by Crippen LogP contribution is -2.31. The van der Waals surface area contributed by atoms with Crippen LogP contribution in [-0.4, -0.2) is 39.0 Å². The van der Waals surface area contributed by atoms with Crippen molar-refractivity contribution in [1.82, 2.24) is 5.32 Å². The third-order valence-corrected chi connectivity index (χ3v) is 1.90. The summed E-state index contributed by atoms with van der Waals surface area (Å²) < 4.78 is 0. The molecule has 0 aliphatic rings. The molecule has 0 bridgehead atoms. The van der Waals surface area contributed by atoms with Crippen molar-refractivity contribution >= 4 is 11.6 Å². The summed E-state index contributed by atoms with van der Waals surface area (Å²) >= 11 is 0. The maximum Gasteiger partial charge on any atom is 0.311 e. The minimum absolute atomic E-state index is 0.306. The lowest BCUT2D eigenvalue weighted by Gasteiger charge is -2.07. The highest BCUT2D eigenvalue weighted by Crippen LogP contribution is 2.28. The van der Waals surface area contributed by atoms with Crippen LogP contribution >= 0.6 is 0 Å². The van der Waals surface area contributed by atoms with Gasteiger partial charge in [-0.25, -0.2) is 0 Å². The number of nitrogens with zero attached hydrogens (tertiary/aromatic N) is 1. The van der Waals surface area contributed by atoms with Gasteiger partial charge in [-0.15, -0.1) is 0 Å². The number of hydrogen-bond donors (Lipinski definition) is 4. The number of benzene rings is 1. The molecule has 1 aromatic carbocycles. The number of hydrogen-bond acceptors (Lipinski definition) is 6. The smallest absolute Gasteiger partial charge is 0.311 e. The van der Waals surface area contributed by atoms with Gasteiger partial charge >= 0.3 is 5.69 Å². The molecule has 0 fully saturated rings. The Balaban J connectivity index is 2.95. The predicted octanol–water partition coefficient (Wildman–Crippen LogP) is -0.659. The second-order valence-corrected chi connectivity index (χ2v) is 3.12. The summed E-state index contributed by atoms with van der Waals surface area (Å²) in [7, 11) is 0. The Kier molecular flexibility index (Phi) is 3.96. The molecule has 8 nitrogen and oxygen atoms in total. The van der Waals surface area contributed by atoms with E-state index in [0.717, 1.165) is 6.07 Å². The summed E-state index contributed by atoms with van der Waals surface area (Å²) in [5.41, 5.74) is -0.901. The summed E-state index contributed by atoms with van der Waals surface area (Å²) in [6, 6.07) is 3.47. The molecule has 0 heterocycles. The minimum atomic E-state index is -1.74. The number of amides is 1. The van der Waals surface area contributed by atoms with E-state index in [0.29, 0.717) is 0 Å². The lowest BCUT2D eigenvalue weighted by molar-refractivity contribution is -0.385. The van der Waals surface area contributed by atoms with Gasteiger partial charge in [0, 0.05) is 6.07 Å². The normalized spacial score (nSPS) is 10.3. The van der Waals surface area contributed by atoms with E-state index in [1.807, 2.05) is 0 Å². The fraction of sp³-hybridized carbons (Fsp3) is 0.222. The highest BCUT2D eigenvalue weighted by Gasteiger charge is 2.20. The summed E-state index contributed by atoms with van der Waals surface area (Å²) in [5.74, 6) is -1.60. The fourth-order valence-electron chi connectivity index (χ4n) is 1.14. The number of para-hydroxylation sites is 1. The van der Waals surface area contributed by atoms with Gasteiger partial charge < -0.3 is 20.6 Å².